The van der Waals surface area contributed by atoms with Crippen molar-refractivity contribution in [2.45, 2.75) is 25.2 Å². The number of anilines is 1. The average Bonchev–Trinajstić information content (AvgIpc) is 2.24. The van der Waals surface area contributed by atoms with E-state index in [0.717, 1.165) is 21.9 Å². The largest absolute Gasteiger partial charge is 0.466 e. The van der Waals surface area contributed by atoms with Crippen LogP contribution >= 0.6 is 11.8 Å². The summed E-state index contributed by atoms with van der Waals surface area (Å²) in [7, 11) is 0. The van der Waals surface area contributed by atoms with Crippen LogP contribution in [0.1, 0.15) is 18.9 Å². The number of ether oxygens (including phenoxy) is 1. The molecule has 0 saturated heterocycles. The summed E-state index contributed by atoms with van der Waals surface area (Å²) in [6.45, 7) is 4.24. The maximum atomic E-state index is 11.1. The summed E-state index contributed by atoms with van der Waals surface area (Å²) in [5, 5.41) is 0. The molecule has 4 heteroatoms. The third-order valence-electron chi connectivity index (χ3n) is 2.12. The second kappa shape index (κ2) is 6.43. The molecular formula is C12H17NO2S. The van der Waals surface area contributed by atoms with Gasteiger partial charge in [0, 0.05) is 16.3 Å². The van der Waals surface area contributed by atoms with Crippen LogP contribution in [0.25, 0.3) is 0 Å². The molecule has 1 rings (SSSR count). The van der Waals surface area contributed by atoms with Crippen LogP contribution in [0.5, 0.6) is 0 Å². The van der Waals surface area contributed by atoms with E-state index in [4.69, 9.17) is 10.5 Å². The highest BCUT2D eigenvalue weighted by Gasteiger charge is 2.02. The van der Waals surface area contributed by atoms with E-state index in [9.17, 15) is 4.79 Å². The molecule has 0 aliphatic carbocycles. The monoisotopic (exact) mass is 239 g/mol. The summed E-state index contributed by atoms with van der Waals surface area (Å²) in [5.41, 5.74) is 7.59. The Balaban J connectivity index is 2.37. The molecule has 0 spiro atoms. The van der Waals surface area contributed by atoms with Gasteiger partial charge in [-0.25, -0.2) is 0 Å². The second-order valence-electron chi connectivity index (χ2n) is 3.42. The van der Waals surface area contributed by atoms with Gasteiger partial charge in [-0.2, -0.15) is 0 Å². The first-order valence-corrected chi connectivity index (χ1v) is 6.26. The quantitative estimate of drug-likeness (QED) is 0.487. The molecule has 0 atom stereocenters. The average molecular weight is 239 g/mol. The first-order valence-electron chi connectivity index (χ1n) is 5.28. The van der Waals surface area contributed by atoms with Crippen LogP contribution in [-0.2, 0) is 9.53 Å². The van der Waals surface area contributed by atoms with Crippen molar-refractivity contribution in [1.82, 2.24) is 0 Å². The van der Waals surface area contributed by atoms with Crippen LogP contribution in [-0.4, -0.2) is 18.3 Å². The van der Waals surface area contributed by atoms with E-state index in [1.54, 1.807) is 11.8 Å². The Bertz CT molecular complexity index is 366. The Hall–Kier alpha value is -1.16. The van der Waals surface area contributed by atoms with Gasteiger partial charge in [-0.15, -0.1) is 11.8 Å². The molecule has 16 heavy (non-hydrogen) atoms. The smallest absolute Gasteiger partial charge is 0.306 e. The van der Waals surface area contributed by atoms with E-state index in [0.29, 0.717) is 13.0 Å². The fourth-order valence-corrected chi connectivity index (χ4v) is 2.15. The van der Waals surface area contributed by atoms with Crippen molar-refractivity contribution < 1.29 is 9.53 Å². The van der Waals surface area contributed by atoms with Crippen molar-refractivity contribution in [1.29, 1.82) is 0 Å². The molecule has 0 radical (unpaired) electrons. The van der Waals surface area contributed by atoms with E-state index < -0.39 is 0 Å². The van der Waals surface area contributed by atoms with E-state index in [-0.39, 0.29) is 5.97 Å². The zero-order valence-corrected chi connectivity index (χ0v) is 10.5. The number of hydrogen-bond acceptors (Lipinski definition) is 4. The molecule has 0 saturated carbocycles. The van der Waals surface area contributed by atoms with Gasteiger partial charge in [0.2, 0.25) is 0 Å². The van der Waals surface area contributed by atoms with Crippen molar-refractivity contribution in [2.75, 3.05) is 18.1 Å². The molecule has 3 nitrogen and oxygen atoms in total. The molecule has 1 aromatic rings. The minimum atomic E-state index is -0.137. The van der Waals surface area contributed by atoms with Crippen LogP contribution in [0.3, 0.4) is 0 Å². The number of nitrogen functional groups attached to an aromatic ring is 1. The zero-order valence-electron chi connectivity index (χ0n) is 9.66. The first kappa shape index (κ1) is 12.9. The number of nitrogens with two attached hydrogens (primary N) is 1. The Kier molecular flexibility index (Phi) is 5.19. The predicted molar refractivity (Wildman–Crippen MR) is 67.6 cm³/mol. The van der Waals surface area contributed by atoms with Crippen LogP contribution in [0.4, 0.5) is 5.69 Å². The lowest BCUT2D eigenvalue weighted by Gasteiger charge is -2.05. The molecule has 0 aromatic heterocycles. The number of carbonyl (C=O) groups excluding carboxylic acids is 1. The molecular weight excluding hydrogens is 222 g/mol. The number of hydrogen-bond donors (Lipinski definition) is 1. The van der Waals surface area contributed by atoms with Gasteiger partial charge in [-0.1, -0.05) is 0 Å². The molecule has 0 unspecified atom stereocenters. The summed E-state index contributed by atoms with van der Waals surface area (Å²) in [5.74, 6) is 0.601. The maximum Gasteiger partial charge on any atom is 0.306 e. The van der Waals surface area contributed by atoms with E-state index in [1.165, 1.54) is 0 Å². The summed E-state index contributed by atoms with van der Waals surface area (Å²) < 4.78 is 4.85. The topological polar surface area (TPSA) is 52.3 Å². The molecule has 0 aliphatic heterocycles. The first-order chi connectivity index (χ1) is 7.63. The van der Waals surface area contributed by atoms with E-state index in [1.807, 2.05) is 32.0 Å². The summed E-state index contributed by atoms with van der Waals surface area (Å²) >= 11 is 1.64. The Morgan fingerprint density at radius 3 is 2.88 bits per heavy atom. The molecule has 0 aliphatic rings. The minimum absolute atomic E-state index is 0.137. The Labute approximate surface area is 100 Å². The van der Waals surface area contributed by atoms with Gasteiger partial charge in [0.25, 0.3) is 0 Å². The van der Waals surface area contributed by atoms with Gasteiger partial charge in [-0.3, -0.25) is 4.79 Å². The third kappa shape index (κ3) is 4.14. The number of benzene rings is 1. The highest BCUT2D eigenvalue weighted by Crippen LogP contribution is 2.22. The standard InChI is InChI=1S/C12H17NO2S/c1-3-15-12(14)6-7-16-10-4-5-11(13)9(2)8-10/h4-5,8H,3,6-7,13H2,1-2H3. The lowest BCUT2D eigenvalue weighted by Crippen LogP contribution is -2.04. The van der Waals surface area contributed by atoms with Crippen LogP contribution in [0, 0.1) is 6.92 Å². The van der Waals surface area contributed by atoms with Crippen molar-refractivity contribution in [2.24, 2.45) is 0 Å². The van der Waals surface area contributed by atoms with Gasteiger partial charge in [0.05, 0.1) is 13.0 Å². The summed E-state index contributed by atoms with van der Waals surface area (Å²) in [6.07, 6.45) is 0.446. The summed E-state index contributed by atoms with van der Waals surface area (Å²) in [4.78, 5) is 12.2. The third-order valence-corrected chi connectivity index (χ3v) is 3.12. The number of esters is 1. The van der Waals surface area contributed by atoms with Crippen molar-refractivity contribution in [3.63, 3.8) is 0 Å². The van der Waals surface area contributed by atoms with Gasteiger partial charge < -0.3 is 10.5 Å². The number of thioether (sulfide) groups is 1. The fraction of sp³-hybridized carbons (Fsp3) is 0.417. The fourth-order valence-electron chi connectivity index (χ4n) is 1.22. The number of carbonyl (C=O) groups is 1. The van der Waals surface area contributed by atoms with Gasteiger partial charge in [-0.05, 0) is 37.6 Å². The van der Waals surface area contributed by atoms with Crippen LogP contribution in [0.15, 0.2) is 23.1 Å². The van der Waals surface area contributed by atoms with Crippen LogP contribution < -0.4 is 5.73 Å². The maximum absolute atomic E-state index is 11.1. The summed E-state index contributed by atoms with van der Waals surface area (Å²) in [6, 6.07) is 5.89. The zero-order chi connectivity index (χ0) is 12.0. The molecule has 2 N–H and O–H groups in total. The van der Waals surface area contributed by atoms with Gasteiger partial charge >= 0.3 is 5.97 Å². The SMILES string of the molecule is CCOC(=O)CCSc1ccc(N)c(C)c1. The molecule has 0 amide bonds. The van der Waals surface area contributed by atoms with Gasteiger partial charge in [0.15, 0.2) is 0 Å². The minimum Gasteiger partial charge on any atom is -0.466 e. The van der Waals surface area contributed by atoms with Crippen molar-refractivity contribution in [3.05, 3.63) is 23.8 Å². The van der Waals surface area contributed by atoms with E-state index >= 15 is 0 Å². The predicted octanol–water partition coefficient (Wildman–Crippen LogP) is 2.62. The molecule has 0 fully saturated rings. The number of aryl methyl sites for hydroxylation is 1. The lowest BCUT2D eigenvalue weighted by molar-refractivity contribution is -0.142. The molecule has 1 aromatic carbocycles. The Morgan fingerprint density at radius 2 is 2.25 bits per heavy atom. The van der Waals surface area contributed by atoms with Crippen molar-refractivity contribution >= 4 is 23.4 Å². The van der Waals surface area contributed by atoms with Crippen molar-refractivity contribution in [3.8, 4) is 0 Å². The second-order valence-corrected chi connectivity index (χ2v) is 4.59. The normalized spacial score (nSPS) is 10.1. The van der Waals surface area contributed by atoms with Gasteiger partial charge in [0.1, 0.15) is 0 Å². The Morgan fingerprint density at radius 1 is 1.50 bits per heavy atom. The molecule has 0 heterocycles. The molecule has 0 bridgehead atoms. The van der Waals surface area contributed by atoms with Crippen LogP contribution in [0.2, 0.25) is 0 Å². The lowest BCUT2D eigenvalue weighted by atomic mass is 10.2. The number of rotatable bonds is 5. The van der Waals surface area contributed by atoms with E-state index in [2.05, 4.69) is 0 Å². The highest BCUT2D eigenvalue weighted by molar-refractivity contribution is 7.99. The molecule has 88 valence electrons. The highest BCUT2D eigenvalue weighted by atomic mass is 32.2.